The second-order valence-corrected chi connectivity index (χ2v) is 7.11. The van der Waals surface area contributed by atoms with Crippen LogP contribution in [0.4, 0.5) is 10.1 Å². The van der Waals surface area contributed by atoms with Gasteiger partial charge in [-0.25, -0.2) is 4.39 Å². The van der Waals surface area contributed by atoms with Gasteiger partial charge in [0, 0.05) is 18.9 Å². The molecule has 0 fully saturated rings. The summed E-state index contributed by atoms with van der Waals surface area (Å²) < 4.78 is 18.4. The lowest BCUT2D eigenvalue weighted by Crippen LogP contribution is -2.40. The van der Waals surface area contributed by atoms with Crippen molar-refractivity contribution in [2.75, 3.05) is 19.9 Å². The summed E-state index contributed by atoms with van der Waals surface area (Å²) in [5, 5.41) is 11.1. The zero-order chi connectivity index (χ0) is 21.6. The lowest BCUT2D eigenvalue weighted by atomic mass is 10.0. The second kappa shape index (κ2) is 9.87. The summed E-state index contributed by atoms with van der Waals surface area (Å²) in [6.07, 6.45) is 0. The first-order valence-electron chi connectivity index (χ1n) is 8.44. The number of amides is 2. The third kappa shape index (κ3) is 5.67. The molecule has 0 radical (unpaired) electrons. The standard InChI is InChI=1S/C19H20FN3O5S/c1-22(18(19(21)25)13-4-3-5-14(20)9-13)17(24)11-29-10-12-6-7-16(28-2)15(8-12)23(26)27/h3-9,18H,10-11H2,1-2H3,(H2,21,25). The van der Waals surface area contributed by atoms with Crippen molar-refractivity contribution in [2.24, 2.45) is 5.73 Å². The topological polar surface area (TPSA) is 116 Å². The highest BCUT2D eigenvalue weighted by Crippen LogP contribution is 2.29. The number of nitrogens with two attached hydrogens (primary N) is 1. The van der Waals surface area contributed by atoms with Gasteiger partial charge in [0.25, 0.3) is 0 Å². The van der Waals surface area contributed by atoms with Crippen molar-refractivity contribution >= 4 is 29.3 Å². The van der Waals surface area contributed by atoms with Gasteiger partial charge in [-0.1, -0.05) is 18.2 Å². The third-order valence-corrected chi connectivity index (χ3v) is 5.14. The van der Waals surface area contributed by atoms with E-state index in [4.69, 9.17) is 10.5 Å². The Labute approximate surface area is 171 Å². The van der Waals surface area contributed by atoms with Crippen LogP contribution in [0, 0.1) is 15.9 Å². The number of primary amides is 1. The number of halogens is 1. The molecule has 8 nitrogen and oxygen atoms in total. The van der Waals surface area contributed by atoms with Crippen LogP contribution >= 0.6 is 11.8 Å². The molecule has 2 N–H and O–H groups in total. The van der Waals surface area contributed by atoms with Crippen molar-refractivity contribution in [3.63, 3.8) is 0 Å². The molecule has 154 valence electrons. The van der Waals surface area contributed by atoms with Crippen LogP contribution in [0.1, 0.15) is 17.2 Å². The molecular formula is C19H20FN3O5S. The highest BCUT2D eigenvalue weighted by atomic mass is 32.2. The molecule has 0 aliphatic heterocycles. The minimum absolute atomic E-state index is 0.00935. The molecule has 0 spiro atoms. The van der Waals surface area contributed by atoms with Crippen LogP contribution in [0.2, 0.25) is 0 Å². The fourth-order valence-corrected chi connectivity index (χ4v) is 3.62. The van der Waals surface area contributed by atoms with Crippen molar-refractivity contribution in [3.8, 4) is 5.75 Å². The average molecular weight is 421 g/mol. The number of hydrogen-bond donors (Lipinski definition) is 1. The predicted molar refractivity (Wildman–Crippen MR) is 107 cm³/mol. The zero-order valence-electron chi connectivity index (χ0n) is 15.8. The van der Waals surface area contributed by atoms with E-state index in [0.29, 0.717) is 11.3 Å². The third-order valence-electron chi connectivity index (χ3n) is 4.15. The molecule has 2 aromatic rings. The quantitative estimate of drug-likeness (QED) is 0.492. The number of methoxy groups -OCH3 is 1. The molecule has 2 aromatic carbocycles. The number of hydrogen-bond acceptors (Lipinski definition) is 6. The molecule has 0 aromatic heterocycles. The first kappa shape index (κ1) is 22.2. The Morgan fingerprint density at radius 1 is 1.31 bits per heavy atom. The van der Waals surface area contributed by atoms with E-state index >= 15 is 0 Å². The van der Waals surface area contributed by atoms with Crippen LogP contribution in [0.5, 0.6) is 5.75 Å². The van der Waals surface area contributed by atoms with Gasteiger partial charge in [-0.2, -0.15) is 0 Å². The molecule has 0 saturated heterocycles. The van der Waals surface area contributed by atoms with E-state index in [1.54, 1.807) is 6.07 Å². The van der Waals surface area contributed by atoms with E-state index in [-0.39, 0.29) is 28.7 Å². The Morgan fingerprint density at radius 3 is 2.62 bits per heavy atom. The normalized spacial score (nSPS) is 11.6. The largest absolute Gasteiger partial charge is 0.490 e. The van der Waals surface area contributed by atoms with Crippen LogP contribution in [0.15, 0.2) is 42.5 Å². The van der Waals surface area contributed by atoms with Gasteiger partial charge in [0.15, 0.2) is 5.75 Å². The first-order chi connectivity index (χ1) is 13.7. The monoisotopic (exact) mass is 421 g/mol. The minimum atomic E-state index is -1.10. The van der Waals surface area contributed by atoms with Crippen molar-refractivity contribution in [1.29, 1.82) is 0 Å². The molecule has 0 heterocycles. The number of nitro groups is 1. The summed E-state index contributed by atoms with van der Waals surface area (Å²) in [4.78, 5) is 36.0. The van der Waals surface area contributed by atoms with Gasteiger partial charge in [-0.15, -0.1) is 11.8 Å². The fraction of sp³-hybridized carbons (Fsp3) is 0.263. The van der Waals surface area contributed by atoms with Crippen LogP contribution in [0.3, 0.4) is 0 Å². The van der Waals surface area contributed by atoms with Gasteiger partial charge in [0.2, 0.25) is 11.8 Å². The van der Waals surface area contributed by atoms with Crippen LogP contribution < -0.4 is 10.5 Å². The number of thioether (sulfide) groups is 1. The lowest BCUT2D eigenvalue weighted by Gasteiger charge is -2.26. The van der Waals surface area contributed by atoms with Gasteiger partial charge in [-0.05, 0) is 29.3 Å². The summed E-state index contributed by atoms with van der Waals surface area (Å²) in [5.74, 6) is -1.20. The summed E-state index contributed by atoms with van der Waals surface area (Å²) in [5.41, 5.74) is 6.18. The Hall–Kier alpha value is -3.14. The molecule has 0 saturated carbocycles. The predicted octanol–water partition coefficient (Wildman–Crippen LogP) is 2.66. The first-order valence-corrected chi connectivity index (χ1v) is 9.59. The smallest absolute Gasteiger partial charge is 0.311 e. The van der Waals surface area contributed by atoms with Gasteiger partial charge >= 0.3 is 5.69 Å². The molecule has 10 heteroatoms. The highest BCUT2D eigenvalue weighted by molar-refractivity contribution is 7.99. The van der Waals surface area contributed by atoms with Gasteiger partial charge in [-0.3, -0.25) is 19.7 Å². The van der Waals surface area contributed by atoms with E-state index in [1.807, 2.05) is 0 Å². The molecule has 1 unspecified atom stereocenters. The van der Waals surface area contributed by atoms with E-state index in [1.165, 1.54) is 61.2 Å². The van der Waals surface area contributed by atoms with Crippen molar-refractivity contribution in [1.82, 2.24) is 4.90 Å². The lowest BCUT2D eigenvalue weighted by molar-refractivity contribution is -0.385. The van der Waals surface area contributed by atoms with Crippen molar-refractivity contribution < 1.29 is 23.6 Å². The molecule has 2 amide bonds. The molecule has 1 atom stereocenters. The Morgan fingerprint density at radius 2 is 2.03 bits per heavy atom. The number of nitro benzene ring substituents is 1. The number of carbonyl (C=O) groups excluding carboxylic acids is 2. The number of rotatable bonds is 9. The molecule has 29 heavy (non-hydrogen) atoms. The summed E-state index contributed by atoms with van der Waals surface area (Å²) in [6.45, 7) is 0. The highest BCUT2D eigenvalue weighted by Gasteiger charge is 2.27. The van der Waals surface area contributed by atoms with Crippen LogP contribution in [-0.4, -0.2) is 41.5 Å². The SMILES string of the molecule is COc1ccc(CSCC(=O)N(C)C(C(N)=O)c2cccc(F)c2)cc1[N+](=O)[O-]. The zero-order valence-corrected chi connectivity index (χ0v) is 16.6. The molecule has 0 aliphatic rings. The van der Waals surface area contributed by atoms with Crippen molar-refractivity contribution in [2.45, 2.75) is 11.8 Å². The number of likely N-dealkylation sites (N-methyl/N-ethyl adjacent to an activating group) is 1. The molecule has 2 rings (SSSR count). The van der Waals surface area contributed by atoms with Gasteiger partial charge in [0.05, 0.1) is 17.8 Å². The number of carbonyl (C=O) groups is 2. The number of ether oxygens (including phenoxy) is 1. The van der Waals surface area contributed by atoms with E-state index in [2.05, 4.69) is 0 Å². The minimum Gasteiger partial charge on any atom is -0.490 e. The number of nitrogens with zero attached hydrogens (tertiary/aromatic N) is 2. The maximum atomic E-state index is 13.5. The molecular weight excluding hydrogens is 401 g/mol. The Balaban J connectivity index is 2.03. The van der Waals surface area contributed by atoms with E-state index in [0.717, 1.165) is 6.07 Å². The summed E-state index contributed by atoms with van der Waals surface area (Å²) in [6, 6.07) is 8.80. The number of benzene rings is 2. The average Bonchev–Trinajstić information content (AvgIpc) is 2.67. The molecule has 0 bridgehead atoms. The van der Waals surface area contributed by atoms with Crippen LogP contribution in [-0.2, 0) is 15.3 Å². The Bertz CT molecular complexity index is 924. The van der Waals surface area contributed by atoms with Crippen LogP contribution in [0.25, 0.3) is 0 Å². The van der Waals surface area contributed by atoms with Crippen molar-refractivity contribution in [3.05, 3.63) is 69.5 Å². The van der Waals surface area contributed by atoms with Gasteiger partial charge in [0.1, 0.15) is 11.9 Å². The maximum Gasteiger partial charge on any atom is 0.311 e. The van der Waals surface area contributed by atoms with E-state index in [9.17, 15) is 24.1 Å². The summed E-state index contributed by atoms with van der Waals surface area (Å²) >= 11 is 1.22. The fourth-order valence-electron chi connectivity index (χ4n) is 2.73. The molecule has 0 aliphatic carbocycles. The van der Waals surface area contributed by atoms with E-state index < -0.39 is 22.7 Å². The maximum absolute atomic E-state index is 13.5. The van der Waals surface area contributed by atoms with Gasteiger partial charge < -0.3 is 15.4 Å². The second-order valence-electron chi connectivity index (χ2n) is 6.12. The Kier molecular flexibility index (Phi) is 7.54. The summed E-state index contributed by atoms with van der Waals surface area (Å²) in [7, 11) is 2.76.